The number of fused-ring (bicyclic) bond motifs is 1. The van der Waals surface area contributed by atoms with Gasteiger partial charge < -0.3 is 14.5 Å². The van der Waals surface area contributed by atoms with Gasteiger partial charge in [-0.2, -0.15) is 0 Å². The van der Waals surface area contributed by atoms with Gasteiger partial charge in [0.15, 0.2) is 33.8 Å². The van der Waals surface area contributed by atoms with Crippen molar-refractivity contribution in [1.29, 1.82) is 0 Å². The molecule has 0 unspecified atom stereocenters. The highest BCUT2D eigenvalue weighted by Crippen LogP contribution is 2.44. The molecular formula is C38H43BrF2N6O2SSi. The van der Waals surface area contributed by atoms with Gasteiger partial charge in [-0.25, -0.2) is 23.4 Å². The van der Waals surface area contributed by atoms with Crippen molar-refractivity contribution < 1.29 is 17.9 Å². The molecule has 268 valence electrons. The second kappa shape index (κ2) is 15.0. The third-order valence-corrected chi connectivity index (χ3v) is 16.7. The van der Waals surface area contributed by atoms with Crippen LogP contribution in [0.1, 0.15) is 64.5 Å². The first-order valence-corrected chi connectivity index (χ1v) is 21.6. The molecular weight excluding hydrogens is 751 g/mol. The fraction of sp³-hybridized carbons (Fsp3) is 0.421. The number of ether oxygens (including phenoxy) is 1. The van der Waals surface area contributed by atoms with E-state index in [1.807, 2.05) is 16.8 Å². The van der Waals surface area contributed by atoms with Crippen LogP contribution in [0.3, 0.4) is 0 Å². The second-order valence-electron chi connectivity index (χ2n) is 14.4. The molecule has 1 N–H and O–H groups in total. The first-order valence-electron chi connectivity index (χ1n) is 17.6. The summed E-state index contributed by atoms with van der Waals surface area (Å²) in [6.07, 6.45) is 2.10. The van der Waals surface area contributed by atoms with Gasteiger partial charge in [-0.15, -0.1) is 5.10 Å². The summed E-state index contributed by atoms with van der Waals surface area (Å²) in [6, 6.07) is 25.2. The molecule has 5 aromatic rings. The summed E-state index contributed by atoms with van der Waals surface area (Å²) < 4.78 is 43.6. The molecule has 2 aromatic heterocycles. The van der Waals surface area contributed by atoms with Crippen LogP contribution < -0.4 is 15.7 Å². The Hall–Kier alpha value is -3.23. The van der Waals surface area contributed by atoms with Crippen molar-refractivity contribution in [3.8, 4) is 0 Å². The number of aromatic nitrogens is 5. The maximum Gasteiger partial charge on any atom is 0.261 e. The van der Waals surface area contributed by atoms with E-state index in [1.165, 1.54) is 22.5 Å². The molecule has 1 aliphatic carbocycles. The molecule has 2 fully saturated rings. The van der Waals surface area contributed by atoms with Gasteiger partial charge in [0.1, 0.15) is 6.10 Å². The number of halogens is 3. The van der Waals surface area contributed by atoms with Crippen molar-refractivity contribution >= 4 is 63.4 Å². The average Bonchev–Trinajstić information content (AvgIpc) is 3.56. The van der Waals surface area contributed by atoms with E-state index in [4.69, 9.17) is 24.3 Å². The Morgan fingerprint density at radius 2 is 1.69 bits per heavy atom. The minimum atomic E-state index is -2.82. The van der Waals surface area contributed by atoms with E-state index in [1.54, 1.807) is 17.8 Å². The highest BCUT2D eigenvalue weighted by molar-refractivity contribution is 9.09. The van der Waals surface area contributed by atoms with E-state index < -0.39 is 20.0 Å². The molecule has 1 aliphatic heterocycles. The molecule has 0 bridgehead atoms. The second-order valence-corrected chi connectivity index (χ2v) is 20.4. The monoisotopic (exact) mass is 792 g/mol. The number of thioether (sulfide) groups is 1. The van der Waals surface area contributed by atoms with Gasteiger partial charge in [-0.3, -0.25) is 0 Å². The molecule has 5 atom stereocenters. The Labute approximate surface area is 311 Å². The highest BCUT2D eigenvalue weighted by Gasteiger charge is 2.51. The number of nitrogens with one attached hydrogen (secondary N) is 1. The largest absolute Gasteiger partial charge is 0.405 e. The van der Waals surface area contributed by atoms with Crippen LogP contribution in [0.2, 0.25) is 5.04 Å². The fourth-order valence-corrected chi connectivity index (χ4v) is 13.0. The van der Waals surface area contributed by atoms with Crippen LogP contribution in [0, 0.1) is 11.6 Å². The highest BCUT2D eigenvalue weighted by atomic mass is 79.9. The van der Waals surface area contributed by atoms with Gasteiger partial charge in [0.25, 0.3) is 8.32 Å². The SMILES string of the molecule is CCCSc1nc(N[C@@H]2C[C@H]2c2ccc(F)c(F)c2)c2nnn([C@@H]3C[C@H](CBr)O[C@H]3CO[Si](c3ccccc3)(c3ccccc3)C(C)(C)C)c2n1. The standard InChI is InChI=1S/C38H43BrF2N6O2SSi/c1-5-18-50-37-43-35(42-31-21-28(31)24-16-17-29(40)30(41)19-24)34-36(44-37)47(46-45-34)32-20-25(22-39)49-33(32)23-48-51(38(2,3)4,26-12-8-6-9-13-26)27-14-10-7-11-15-27/h6-17,19,25,28,31-33H,5,18,20-23H2,1-4H3,(H,42,43,44)/t25-,28+,31-,32-,33+/m1/s1. The van der Waals surface area contributed by atoms with Crippen molar-refractivity contribution in [2.45, 2.75) is 87.4 Å². The molecule has 0 radical (unpaired) electrons. The lowest BCUT2D eigenvalue weighted by atomic mass is 10.1. The maximum atomic E-state index is 14.0. The molecule has 7 rings (SSSR count). The van der Waals surface area contributed by atoms with E-state index in [0.717, 1.165) is 24.2 Å². The van der Waals surface area contributed by atoms with Gasteiger partial charge in [0.05, 0.1) is 18.8 Å². The Balaban J connectivity index is 1.22. The van der Waals surface area contributed by atoms with Crippen molar-refractivity contribution in [2.24, 2.45) is 0 Å². The summed E-state index contributed by atoms with van der Waals surface area (Å²) in [5.41, 5.74) is 1.96. The topological polar surface area (TPSA) is 87.0 Å². The molecule has 2 aliphatic rings. The van der Waals surface area contributed by atoms with Crippen molar-refractivity contribution in [1.82, 2.24) is 25.0 Å². The molecule has 8 nitrogen and oxygen atoms in total. The normalized spacial score (nSPS) is 22.1. The number of hydrogen-bond acceptors (Lipinski definition) is 8. The predicted octanol–water partition coefficient (Wildman–Crippen LogP) is 7.64. The van der Waals surface area contributed by atoms with E-state index in [-0.39, 0.29) is 35.2 Å². The molecule has 0 spiro atoms. The molecule has 51 heavy (non-hydrogen) atoms. The van der Waals surface area contributed by atoms with E-state index >= 15 is 0 Å². The smallest absolute Gasteiger partial charge is 0.261 e. The Morgan fingerprint density at radius 1 is 0.980 bits per heavy atom. The van der Waals surface area contributed by atoms with Gasteiger partial charge >= 0.3 is 0 Å². The number of hydrogen-bond donors (Lipinski definition) is 1. The van der Waals surface area contributed by atoms with Crippen LogP contribution in [-0.4, -0.2) is 69.2 Å². The van der Waals surface area contributed by atoms with E-state index in [2.05, 4.69) is 103 Å². The van der Waals surface area contributed by atoms with Gasteiger partial charge in [0, 0.05) is 23.0 Å². The van der Waals surface area contributed by atoms with Gasteiger partial charge in [-0.1, -0.05) is 127 Å². The zero-order chi connectivity index (χ0) is 35.8. The van der Waals surface area contributed by atoms with Gasteiger partial charge in [-0.05, 0) is 52.4 Å². The van der Waals surface area contributed by atoms with Crippen molar-refractivity contribution in [3.63, 3.8) is 0 Å². The van der Waals surface area contributed by atoms with Crippen LogP contribution in [0.15, 0.2) is 84.0 Å². The lowest BCUT2D eigenvalue weighted by Gasteiger charge is -2.43. The van der Waals surface area contributed by atoms with Crippen LogP contribution >= 0.6 is 27.7 Å². The third-order valence-electron chi connectivity index (χ3n) is 9.89. The van der Waals surface area contributed by atoms with Gasteiger partial charge in [0.2, 0.25) is 0 Å². The van der Waals surface area contributed by atoms with Crippen LogP contribution in [0.5, 0.6) is 0 Å². The van der Waals surface area contributed by atoms with E-state index in [0.29, 0.717) is 40.5 Å². The average molecular weight is 794 g/mol. The number of benzene rings is 3. The summed E-state index contributed by atoms with van der Waals surface area (Å²) >= 11 is 5.26. The molecule has 1 saturated heterocycles. The molecule has 1 saturated carbocycles. The minimum absolute atomic E-state index is 0.00216. The predicted molar refractivity (Wildman–Crippen MR) is 205 cm³/mol. The fourth-order valence-electron chi connectivity index (χ4n) is 7.32. The number of anilines is 1. The molecule has 0 amide bonds. The summed E-state index contributed by atoms with van der Waals surface area (Å²) in [4.78, 5) is 9.86. The first kappa shape index (κ1) is 36.1. The summed E-state index contributed by atoms with van der Waals surface area (Å²) in [5.74, 6) is -0.184. The number of nitrogens with zero attached hydrogens (tertiary/aromatic N) is 5. The number of alkyl halides is 1. The zero-order valence-corrected chi connectivity index (χ0v) is 32.6. The Morgan fingerprint density at radius 3 is 2.31 bits per heavy atom. The first-order chi connectivity index (χ1) is 24.6. The maximum absolute atomic E-state index is 14.0. The van der Waals surface area contributed by atoms with E-state index in [9.17, 15) is 8.78 Å². The van der Waals surface area contributed by atoms with Crippen LogP contribution in [-0.2, 0) is 9.16 Å². The lowest BCUT2D eigenvalue weighted by molar-refractivity contribution is 0.0137. The van der Waals surface area contributed by atoms with Crippen molar-refractivity contribution in [3.05, 3.63) is 96.1 Å². The summed E-state index contributed by atoms with van der Waals surface area (Å²) in [6.45, 7) is 9.32. The number of rotatable bonds is 13. The van der Waals surface area contributed by atoms with Crippen LogP contribution in [0.4, 0.5) is 14.6 Å². The minimum Gasteiger partial charge on any atom is -0.405 e. The summed E-state index contributed by atoms with van der Waals surface area (Å²) in [7, 11) is -2.82. The quantitative estimate of drug-likeness (QED) is 0.0564. The zero-order valence-electron chi connectivity index (χ0n) is 29.2. The molecule has 3 aromatic carbocycles. The Kier molecular flexibility index (Phi) is 10.6. The Bertz CT molecular complexity index is 1930. The van der Waals surface area contributed by atoms with Crippen molar-refractivity contribution in [2.75, 3.05) is 23.0 Å². The third kappa shape index (κ3) is 7.24. The summed E-state index contributed by atoms with van der Waals surface area (Å²) in [5, 5.41) is 16.4. The lowest BCUT2D eigenvalue weighted by Crippen LogP contribution is -2.67. The molecule has 3 heterocycles. The molecule has 13 heteroatoms. The van der Waals surface area contributed by atoms with Crippen LogP contribution in [0.25, 0.3) is 11.2 Å².